The van der Waals surface area contributed by atoms with Crippen molar-refractivity contribution in [3.8, 4) is 0 Å². The van der Waals surface area contributed by atoms with Crippen molar-refractivity contribution < 1.29 is 14.6 Å². The Morgan fingerprint density at radius 3 is 2.14 bits per heavy atom. The van der Waals surface area contributed by atoms with Crippen LogP contribution in [0.3, 0.4) is 0 Å². The van der Waals surface area contributed by atoms with Gasteiger partial charge < -0.3 is 14.6 Å². The molecule has 0 radical (unpaired) electrons. The predicted octanol–water partition coefficient (Wildman–Crippen LogP) is 0.745. The van der Waals surface area contributed by atoms with E-state index in [2.05, 4.69) is 16.9 Å². The summed E-state index contributed by atoms with van der Waals surface area (Å²) in [5, 5.41) is 9.52. The zero-order valence-corrected chi connectivity index (χ0v) is 8.57. The molecule has 3 nitrogen and oxygen atoms in total. The van der Waals surface area contributed by atoms with Crippen LogP contribution >= 0.6 is 0 Å². The SMILES string of the molecule is C1=CC2CCC1C2.CCOCC(=O)[O-]. The highest BCUT2D eigenvalue weighted by Gasteiger charge is 2.25. The number of fused-ring (bicyclic) bond motifs is 2. The Hall–Kier alpha value is -0.830. The molecule has 1 fully saturated rings. The average Bonchev–Trinajstić information content (AvgIpc) is 2.79. The summed E-state index contributed by atoms with van der Waals surface area (Å²) in [6.45, 7) is 1.85. The van der Waals surface area contributed by atoms with Crippen molar-refractivity contribution in [3.05, 3.63) is 12.2 Å². The monoisotopic (exact) mass is 197 g/mol. The number of carbonyl (C=O) groups excluding carboxylic acids is 1. The number of carboxylic acids is 1. The van der Waals surface area contributed by atoms with Crippen molar-refractivity contribution in [1.29, 1.82) is 0 Å². The third kappa shape index (κ3) is 3.92. The van der Waals surface area contributed by atoms with Crippen molar-refractivity contribution in [1.82, 2.24) is 0 Å². The Morgan fingerprint density at radius 2 is 2.00 bits per heavy atom. The zero-order chi connectivity index (χ0) is 10.4. The second-order valence-corrected chi connectivity index (χ2v) is 3.73. The Labute approximate surface area is 84.8 Å². The molecule has 0 heterocycles. The fourth-order valence-electron chi connectivity index (χ4n) is 1.90. The molecule has 0 N–H and O–H groups in total. The maximum Gasteiger partial charge on any atom is 0.0861 e. The van der Waals surface area contributed by atoms with E-state index in [9.17, 15) is 9.90 Å². The molecule has 1 saturated carbocycles. The summed E-state index contributed by atoms with van der Waals surface area (Å²) in [6, 6.07) is 0. The number of carboxylic acid groups (broad SMARTS) is 1. The second-order valence-electron chi connectivity index (χ2n) is 3.73. The van der Waals surface area contributed by atoms with E-state index < -0.39 is 5.97 Å². The largest absolute Gasteiger partial charge is 0.548 e. The molecule has 0 spiro atoms. The van der Waals surface area contributed by atoms with Crippen LogP contribution in [0.4, 0.5) is 0 Å². The summed E-state index contributed by atoms with van der Waals surface area (Å²) in [4.78, 5) is 9.52. The number of hydrogen-bond donors (Lipinski definition) is 0. The lowest BCUT2D eigenvalue weighted by atomic mass is 10.1. The van der Waals surface area contributed by atoms with Crippen LogP contribution < -0.4 is 5.11 Å². The van der Waals surface area contributed by atoms with Gasteiger partial charge in [-0.1, -0.05) is 12.2 Å². The van der Waals surface area contributed by atoms with Gasteiger partial charge in [0, 0.05) is 6.61 Å². The second kappa shape index (κ2) is 5.81. The maximum atomic E-state index is 9.52. The van der Waals surface area contributed by atoms with Gasteiger partial charge in [0.15, 0.2) is 0 Å². The number of rotatable bonds is 3. The highest BCUT2D eigenvalue weighted by Crippen LogP contribution is 2.38. The molecule has 2 bridgehead atoms. The van der Waals surface area contributed by atoms with Gasteiger partial charge in [0.2, 0.25) is 0 Å². The third-order valence-electron chi connectivity index (χ3n) is 2.59. The van der Waals surface area contributed by atoms with E-state index in [0.29, 0.717) is 6.61 Å². The quantitative estimate of drug-likeness (QED) is 0.627. The molecule has 2 aliphatic carbocycles. The van der Waals surface area contributed by atoms with E-state index in [1.54, 1.807) is 6.92 Å². The Kier molecular flexibility index (Phi) is 4.66. The van der Waals surface area contributed by atoms with Crippen LogP contribution in [0.15, 0.2) is 12.2 Å². The fourth-order valence-corrected chi connectivity index (χ4v) is 1.90. The standard InChI is InChI=1S/C7H10.C4H8O3/c1-2-7-4-3-6(1)5-7;1-2-7-3-4(5)6/h1-2,6-7H,3-5H2;2-3H2,1H3,(H,5,6)/p-1. The van der Waals surface area contributed by atoms with E-state index >= 15 is 0 Å². The van der Waals surface area contributed by atoms with Crippen LogP contribution in [0, 0.1) is 11.8 Å². The van der Waals surface area contributed by atoms with Crippen molar-refractivity contribution in [2.45, 2.75) is 26.2 Å². The van der Waals surface area contributed by atoms with E-state index in [4.69, 9.17) is 0 Å². The topological polar surface area (TPSA) is 49.4 Å². The lowest BCUT2D eigenvalue weighted by Gasteiger charge is -1.98. The molecule has 0 saturated heterocycles. The fraction of sp³-hybridized carbons (Fsp3) is 0.727. The van der Waals surface area contributed by atoms with E-state index in [1.165, 1.54) is 19.3 Å². The van der Waals surface area contributed by atoms with Gasteiger partial charge in [0.25, 0.3) is 0 Å². The van der Waals surface area contributed by atoms with E-state index in [1.807, 2.05) is 0 Å². The van der Waals surface area contributed by atoms with Gasteiger partial charge in [-0.15, -0.1) is 0 Å². The van der Waals surface area contributed by atoms with Crippen LogP contribution in [0.5, 0.6) is 0 Å². The lowest BCUT2D eigenvalue weighted by Crippen LogP contribution is -2.27. The number of aliphatic carboxylic acids is 1. The van der Waals surface area contributed by atoms with Crippen LogP contribution in [0.1, 0.15) is 26.2 Å². The molecule has 80 valence electrons. The molecule has 0 amide bonds. The molecule has 14 heavy (non-hydrogen) atoms. The molecule has 0 aromatic carbocycles. The molecule has 2 rings (SSSR count). The molecule has 0 aromatic heterocycles. The van der Waals surface area contributed by atoms with Gasteiger partial charge in [0.1, 0.15) is 0 Å². The maximum absolute atomic E-state index is 9.52. The Bertz CT molecular complexity index is 199. The molecule has 2 aliphatic rings. The van der Waals surface area contributed by atoms with Crippen LogP contribution in [0.25, 0.3) is 0 Å². The summed E-state index contributed by atoms with van der Waals surface area (Å²) in [5.41, 5.74) is 0. The first-order valence-electron chi connectivity index (χ1n) is 5.18. The first-order chi connectivity index (χ1) is 6.72. The van der Waals surface area contributed by atoms with Gasteiger partial charge in [-0.2, -0.15) is 0 Å². The molecule has 3 heteroatoms. The summed E-state index contributed by atoms with van der Waals surface area (Å²) >= 11 is 0. The number of carbonyl (C=O) groups is 1. The number of ether oxygens (including phenoxy) is 1. The van der Waals surface area contributed by atoms with E-state index in [-0.39, 0.29) is 6.61 Å². The van der Waals surface area contributed by atoms with E-state index in [0.717, 1.165) is 11.8 Å². The van der Waals surface area contributed by atoms with Crippen molar-refractivity contribution in [2.24, 2.45) is 11.8 Å². The van der Waals surface area contributed by atoms with Crippen molar-refractivity contribution in [2.75, 3.05) is 13.2 Å². The summed E-state index contributed by atoms with van der Waals surface area (Å²) in [6.07, 6.45) is 9.19. The van der Waals surface area contributed by atoms with Gasteiger partial charge in [-0.05, 0) is 38.0 Å². The first-order valence-corrected chi connectivity index (χ1v) is 5.18. The van der Waals surface area contributed by atoms with Gasteiger partial charge in [0.05, 0.1) is 12.6 Å². The zero-order valence-electron chi connectivity index (χ0n) is 8.57. The highest BCUT2D eigenvalue weighted by atomic mass is 16.5. The van der Waals surface area contributed by atoms with Crippen molar-refractivity contribution in [3.63, 3.8) is 0 Å². The molecular weight excluding hydrogens is 180 g/mol. The Morgan fingerprint density at radius 1 is 1.43 bits per heavy atom. The summed E-state index contributed by atoms with van der Waals surface area (Å²) in [7, 11) is 0. The highest BCUT2D eigenvalue weighted by molar-refractivity contribution is 5.65. The molecule has 2 atom stereocenters. The molecule has 2 unspecified atom stereocenters. The van der Waals surface area contributed by atoms with Gasteiger partial charge >= 0.3 is 0 Å². The third-order valence-corrected chi connectivity index (χ3v) is 2.59. The number of hydrogen-bond acceptors (Lipinski definition) is 3. The van der Waals surface area contributed by atoms with Crippen LogP contribution in [0.2, 0.25) is 0 Å². The first kappa shape index (κ1) is 11.2. The average molecular weight is 197 g/mol. The minimum atomic E-state index is -1.16. The van der Waals surface area contributed by atoms with Crippen LogP contribution in [-0.2, 0) is 9.53 Å². The molecular formula is C11H17O3-. The number of allylic oxidation sites excluding steroid dienone is 2. The predicted molar refractivity (Wildman–Crippen MR) is 51.5 cm³/mol. The molecule has 0 aromatic rings. The van der Waals surface area contributed by atoms with Gasteiger partial charge in [-0.25, -0.2) is 0 Å². The van der Waals surface area contributed by atoms with Gasteiger partial charge in [-0.3, -0.25) is 0 Å². The Balaban J connectivity index is 0.000000140. The summed E-state index contributed by atoms with van der Waals surface area (Å²) < 4.78 is 4.43. The smallest absolute Gasteiger partial charge is 0.0861 e. The molecule has 0 aliphatic heterocycles. The van der Waals surface area contributed by atoms with Crippen LogP contribution in [-0.4, -0.2) is 19.2 Å². The summed E-state index contributed by atoms with van der Waals surface area (Å²) in [5.74, 6) is 0.817. The normalized spacial score (nSPS) is 27.2. The minimum absolute atomic E-state index is 0.295. The lowest BCUT2D eigenvalue weighted by molar-refractivity contribution is -0.309. The van der Waals surface area contributed by atoms with Crippen molar-refractivity contribution >= 4 is 5.97 Å². The minimum Gasteiger partial charge on any atom is -0.548 e.